The van der Waals surface area contributed by atoms with E-state index >= 15 is 0 Å². The summed E-state index contributed by atoms with van der Waals surface area (Å²) < 4.78 is 5.98. The van der Waals surface area contributed by atoms with Crippen LogP contribution in [-0.2, 0) is 11.8 Å². The van der Waals surface area contributed by atoms with E-state index in [2.05, 4.69) is 43.3 Å². The first-order valence-electron chi connectivity index (χ1n) is 9.76. The van der Waals surface area contributed by atoms with E-state index in [4.69, 9.17) is 4.74 Å². The van der Waals surface area contributed by atoms with Crippen molar-refractivity contribution in [2.45, 2.75) is 39.5 Å². The van der Waals surface area contributed by atoms with Gasteiger partial charge in [0.2, 0.25) is 5.88 Å². The lowest BCUT2D eigenvalue weighted by Crippen LogP contribution is -2.20. The van der Waals surface area contributed by atoms with Crippen LogP contribution in [0.3, 0.4) is 0 Å². The number of ether oxygens (including phenoxy) is 1. The first kappa shape index (κ1) is 20.4. The molecule has 2 N–H and O–H groups in total. The van der Waals surface area contributed by atoms with E-state index in [0.717, 1.165) is 23.4 Å². The zero-order valence-electron chi connectivity index (χ0n) is 17.3. The van der Waals surface area contributed by atoms with Crippen LogP contribution in [0.1, 0.15) is 38.8 Å². The molecule has 150 valence electrons. The number of carbonyl (C=O) groups excluding carboxylic acids is 1. The Hall–Kier alpha value is -3.34. The second-order valence-electron chi connectivity index (χ2n) is 7.83. The minimum atomic E-state index is -0.352. The van der Waals surface area contributed by atoms with Crippen molar-refractivity contribution in [3.05, 3.63) is 78.0 Å². The predicted molar refractivity (Wildman–Crippen MR) is 118 cm³/mol. The molecule has 5 nitrogen and oxygen atoms in total. The Bertz CT molecular complexity index is 976. The molecule has 29 heavy (non-hydrogen) atoms. The van der Waals surface area contributed by atoms with Gasteiger partial charge in [0.15, 0.2) is 0 Å². The number of para-hydroxylation sites is 1. The molecule has 0 aliphatic rings. The van der Waals surface area contributed by atoms with E-state index in [9.17, 15) is 4.79 Å². The third kappa shape index (κ3) is 5.35. The average molecular weight is 389 g/mol. The molecule has 1 heterocycles. The van der Waals surface area contributed by atoms with Gasteiger partial charge in [0, 0.05) is 11.9 Å². The van der Waals surface area contributed by atoms with Crippen molar-refractivity contribution in [3.63, 3.8) is 0 Å². The molecule has 0 fully saturated rings. The lowest BCUT2D eigenvalue weighted by atomic mass is 9.87. The number of rotatable bonds is 5. The highest BCUT2D eigenvalue weighted by atomic mass is 16.5. The third-order valence-corrected chi connectivity index (χ3v) is 4.59. The molecule has 2 aromatic carbocycles. The zero-order chi connectivity index (χ0) is 20.9. The molecule has 0 unspecified atom stereocenters. The number of nitrogens with zero attached hydrogens (tertiary/aromatic N) is 1. The van der Waals surface area contributed by atoms with Gasteiger partial charge >= 0.3 is 6.03 Å². The molecule has 0 aliphatic carbocycles. The molecule has 1 aromatic heterocycles. The van der Waals surface area contributed by atoms with Crippen molar-refractivity contribution >= 4 is 17.4 Å². The minimum absolute atomic E-state index is 0.0670. The number of pyridine rings is 1. The van der Waals surface area contributed by atoms with E-state index in [1.54, 1.807) is 18.3 Å². The van der Waals surface area contributed by atoms with E-state index in [0.29, 0.717) is 11.6 Å². The molecule has 2 amide bonds. The fourth-order valence-electron chi connectivity index (χ4n) is 2.91. The number of hydrogen-bond donors (Lipinski definition) is 2. The van der Waals surface area contributed by atoms with Crippen LogP contribution in [-0.4, -0.2) is 11.0 Å². The van der Waals surface area contributed by atoms with Gasteiger partial charge in [-0.3, -0.25) is 0 Å². The molecule has 0 saturated carbocycles. The Morgan fingerprint density at radius 1 is 0.966 bits per heavy atom. The molecule has 0 atom stereocenters. The molecule has 5 heteroatoms. The maximum atomic E-state index is 12.5. The SMILES string of the molecule is CCc1ccccc1Oc1ncccc1NC(=O)Nc1ccc(C(C)(C)C)cc1. The van der Waals surface area contributed by atoms with Crippen LogP contribution in [0.15, 0.2) is 66.9 Å². The van der Waals surface area contributed by atoms with Crippen molar-refractivity contribution < 1.29 is 9.53 Å². The van der Waals surface area contributed by atoms with Gasteiger partial charge in [-0.2, -0.15) is 0 Å². The van der Waals surface area contributed by atoms with Gasteiger partial charge in [-0.25, -0.2) is 9.78 Å². The van der Waals surface area contributed by atoms with Gasteiger partial charge in [-0.1, -0.05) is 58.0 Å². The number of hydrogen-bond acceptors (Lipinski definition) is 3. The molecule has 0 bridgehead atoms. The molecule has 3 rings (SSSR count). The molecule has 0 radical (unpaired) electrons. The molecule has 3 aromatic rings. The Morgan fingerprint density at radius 2 is 1.69 bits per heavy atom. The van der Waals surface area contributed by atoms with Crippen LogP contribution in [0.25, 0.3) is 0 Å². The molecule has 0 spiro atoms. The molecular formula is C24H27N3O2. The highest BCUT2D eigenvalue weighted by Gasteiger charge is 2.14. The normalized spacial score (nSPS) is 11.0. The van der Waals surface area contributed by atoms with Gasteiger partial charge in [0.25, 0.3) is 0 Å². The third-order valence-electron chi connectivity index (χ3n) is 4.59. The summed E-state index contributed by atoms with van der Waals surface area (Å²) in [6.07, 6.45) is 2.48. The number of amides is 2. The van der Waals surface area contributed by atoms with Crippen LogP contribution >= 0.6 is 0 Å². The van der Waals surface area contributed by atoms with E-state index in [1.165, 1.54) is 5.56 Å². The highest BCUT2D eigenvalue weighted by Crippen LogP contribution is 2.30. The standard InChI is InChI=1S/C24H27N3O2/c1-5-17-9-6-7-11-21(17)29-22-20(10-8-16-25-22)27-23(28)26-19-14-12-18(13-15-19)24(2,3)4/h6-16H,5H2,1-4H3,(H2,26,27,28). The second-order valence-corrected chi connectivity index (χ2v) is 7.83. The smallest absolute Gasteiger partial charge is 0.323 e. The molecular weight excluding hydrogens is 362 g/mol. The Labute approximate surface area is 172 Å². The van der Waals surface area contributed by atoms with E-state index in [-0.39, 0.29) is 11.4 Å². The first-order chi connectivity index (χ1) is 13.9. The van der Waals surface area contributed by atoms with Gasteiger partial charge in [0.1, 0.15) is 11.4 Å². The summed E-state index contributed by atoms with van der Waals surface area (Å²) in [4.78, 5) is 16.8. The van der Waals surface area contributed by atoms with Crippen molar-refractivity contribution in [1.82, 2.24) is 4.98 Å². The summed E-state index contributed by atoms with van der Waals surface area (Å²) in [7, 11) is 0. The fourth-order valence-corrected chi connectivity index (χ4v) is 2.91. The predicted octanol–water partition coefficient (Wildman–Crippen LogP) is 6.38. The van der Waals surface area contributed by atoms with Crippen LogP contribution in [0.4, 0.5) is 16.2 Å². The number of aromatic nitrogens is 1. The van der Waals surface area contributed by atoms with Crippen molar-refractivity contribution in [1.29, 1.82) is 0 Å². The first-order valence-corrected chi connectivity index (χ1v) is 9.76. The summed E-state index contributed by atoms with van der Waals surface area (Å²) in [5, 5.41) is 5.67. The Morgan fingerprint density at radius 3 is 2.38 bits per heavy atom. The van der Waals surface area contributed by atoms with Crippen LogP contribution in [0, 0.1) is 0 Å². The number of anilines is 2. The Balaban J connectivity index is 1.71. The molecule has 0 saturated heterocycles. The number of urea groups is 1. The Kier molecular flexibility index (Phi) is 6.17. The monoisotopic (exact) mass is 389 g/mol. The van der Waals surface area contributed by atoms with Crippen molar-refractivity contribution in [2.24, 2.45) is 0 Å². The second kappa shape index (κ2) is 8.78. The average Bonchev–Trinajstić information content (AvgIpc) is 2.69. The van der Waals surface area contributed by atoms with Crippen molar-refractivity contribution in [3.8, 4) is 11.6 Å². The maximum Gasteiger partial charge on any atom is 0.323 e. The maximum absolute atomic E-state index is 12.5. The number of aryl methyl sites for hydroxylation is 1. The lowest BCUT2D eigenvalue weighted by molar-refractivity contribution is 0.262. The summed E-state index contributed by atoms with van der Waals surface area (Å²) in [6, 6.07) is 18.8. The van der Waals surface area contributed by atoms with Crippen LogP contribution in [0.5, 0.6) is 11.6 Å². The van der Waals surface area contributed by atoms with Gasteiger partial charge in [-0.15, -0.1) is 0 Å². The summed E-state index contributed by atoms with van der Waals surface area (Å²) in [6.45, 7) is 8.53. The highest BCUT2D eigenvalue weighted by molar-refractivity contribution is 6.00. The van der Waals surface area contributed by atoms with Crippen LogP contribution < -0.4 is 15.4 Å². The summed E-state index contributed by atoms with van der Waals surface area (Å²) in [5.74, 6) is 1.08. The summed E-state index contributed by atoms with van der Waals surface area (Å²) in [5.41, 5.74) is 3.58. The van der Waals surface area contributed by atoms with Gasteiger partial charge in [-0.05, 0) is 53.3 Å². The van der Waals surface area contributed by atoms with E-state index < -0.39 is 0 Å². The number of nitrogens with one attached hydrogen (secondary N) is 2. The summed E-state index contributed by atoms with van der Waals surface area (Å²) >= 11 is 0. The largest absolute Gasteiger partial charge is 0.437 e. The lowest BCUT2D eigenvalue weighted by Gasteiger charge is -2.19. The number of carbonyl (C=O) groups is 1. The van der Waals surface area contributed by atoms with Gasteiger partial charge in [0.05, 0.1) is 0 Å². The quantitative estimate of drug-likeness (QED) is 0.532. The molecule has 0 aliphatic heterocycles. The van der Waals surface area contributed by atoms with E-state index in [1.807, 2.05) is 48.5 Å². The number of benzene rings is 2. The van der Waals surface area contributed by atoms with Gasteiger partial charge < -0.3 is 15.4 Å². The zero-order valence-corrected chi connectivity index (χ0v) is 17.3. The minimum Gasteiger partial charge on any atom is -0.437 e. The topological polar surface area (TPSA) is 63.2 Å². The fraction of sp³-hybridized carbons (Fsp3) is 0.250. The van der Waals surface area contributed by atoms with Crippen LogP contribution in [0.2, 0.25) is 0 Å². The van der Waals surface area contributed by atoms with Crippen molar-refractivity contribution in [2.75, 3.05) is 10.6 Å².